The predicted octanol–water partition coefficient (Wildman–Crippen LogP) is 2.05. The van der Waals surface area contributed by atoms with Crippen LogP contribution in [0.4, 0.5) is 9.93 Å². The Labute approximate surface area is 125 Å². The van der Waals surface area contributed by atoms with Gasteiger partial charge in [-0.15, -0.1) is 10.2 Å². The summed E-state index contributed by atoms with van der Waals surface area (Å²) >= 11 is 1.25. The second-order valence-electron chi connectivity index (χ2n) is 4.13. The van der Waals surface area contributed by atoms with Crippen molar-refractivity contribution in [2.75, 3.05) is 5.32 Å². The molecule has 1 atom stereocenters. The van der Waals surface area contributed by atoms with Gasteiger partial charge < -0.3 is 10.4 Å². The number of rotatable bonds is 5. The van der Waals surface area contributed by atoms with Crippen LogP contribution in [0, 0.1) is 0 Å². The molecule has 0 saturated heterocycles. The van der Waals surface area contributed by atoms with Gasteiger partial charge in [-0.05, 0) is 12.0 Å². The predicted molar refractivity (Wildman–Crippen MR) is 78.3 cm³/mol. The maximum absolute atomic E-state index is 11.9. The number of anilines is 1. The van der Waals surface area contributed by atoms with Crippen molar-refractivity contribution in [1.29, 1.82) is 0 Å². The van der Waals surface area contributed by atoms with Crippen LogP contribution in [0.15, 0.2) is 30.3 Å². The Balaban J connectivity index is 2.03. The molecule has 1 aromatic heterocycles. The minimum Gasteiger partial charge on any atom is -0.479 e. The van der Waals surface area contributed by atoms with Crippen LogP contribution >= 0.6 is 11.3 Å². The van der Waals surface area contributed by atoms with Gasteiger partial charge in [-0.1, -0.05) is 48.6 Å². The van der Waals surface area contributed by atoms with E-state index < -0.39 is 18.0 Å². The molecule has 0 saturated carbocycles. The van der Waals surface area contributed by atoms with Crippen molar-refractivity contribution in [3.05, 3.63) is 40.9 Å². The summed E-state index contributed by atoms with van der Waals surface area (Å²) in [7, 11) is 0. The Hall–Kier alpha value is -2.48. The van der Waals surface area contributed by atoms with E-state index in [0.717, 1.165) is 11.4 Å². The lowest BCUT2D eigenvalue weighted by atomic mass is 10.1. The second kappa shape index (κ2) is 6.80. The van der Waals surface area contributed by atoms with Crippen molar-refractivity contribution in [3.63, 3.8) is 0 Å². The molecular weight excluding hydrogens is 292 g/mol. The number of aromatic nitrogens is 2. The quantitative estimate of drug-likeness (QED) is 0.784. The molecular formula is C13H14N4O3S. The molecule has 2 aromatic rings. The zero-order valence-corrected chi connectivity index (χ0v) is 12.1. The molecule has 1 heterocycles. The van der Waals surface area contributed by atoms with Gasteiger partial charge in [-0.3, -0.25) is 5.32 Å². The van der Waals surface area contributed by atoms with Crippen LogP contribution < -0.4 is 10.6 Å². The maximum atomic E-state index is 11.9. The second-order valence-corrected chi connectivity index (χ2v) is 5.20. The molecule has 2 rings (SSSR count). The van der Waals surface area contributed by atoms with E-state index in [2.05, 4.69) is 20.8 Å². The van der Waals surface area contributed by atoms with E-state index in [-0.39, 0.29) is 0 Å². The molecule has 8 heteroatoms. The number of hydrogen-bond donors (Lipinski definition) is 3. The van der Waals surface area contributed by atoms with Crippen molar-refractivity contribution < 1.29 is 14.7 Å². The van der Waals surface area contributed by atoms with Gasteiger partial charge in [-0.2, -0.15) is 0 Å². The highest BCUT2D eigenvalue weighted by molar-refractivity contribution is 7.15. The first-order valence-electron chi connectivity index (χ1n) is 6.27. The van der Waals surface area contributed by atoms with Crippen LogP contribution in [0.5, 0.6) is 0 Å². The average molecular weight is 306 g/mol. The fraction of sp³-hybridized carbons (Fsp3) is 0.231. The zero-order valence-electron chi connectivity index (χ0n) is 11.2. The lowest BCUT2D eigenvalue weighted by Gasteiger charge is -2.14. The van der Waals surface area contributed by atoms with E-state index in [1.807, 2.05) is 6.92 Å². The Bertz CT molecular complexity index is 629. The molecule has 0 spiro atoms. The van der Waals surface area contributed by atoms with Crippen molar-refractivity contribution in [2.45, 2.75) is 19.4 Å². The number of carboxylic acid groups (broad SMARTS) is 1. The lowest BCUT2D eigenvalue weighted by molar-refractivity contribution is -0.139. The van der Waals surface area contributed by atoms with Gasteiger partial charge in [0, 0.05) is 0 Å². The van der Waals surface area contributed by atoms with Gasteiger partial charge >= 0.3 is 12.0 Å². The highest BCUT2D eigenvalue weighted by Crippen LogP contribution is 2.16. The van der Waals surface area contributed by atoms with Crippen molar-refractivity contribution in [2.24, 2.45) is 0 Å². The van der Waals surface area contributed by atoms with E-state index in [1.54, 1.807) is 30.3 Å². The van der Waals surface area contributed by atoms with Gasteiger partial charge in [0.05, 0.1) is 0 Å². The van der Waals surface area contributed by atoms with Gasteiger partial charge in [0.1, 0.15) is 5.01 Å². The first-order valence-corrected chi connectivity index (χ1v) is 7.09. The molecule has 110 valence electrons. The Morgan fingerprint density at radius 1 is 1.29 bits per heavy atom. The molecule has 0 fully saturated rings. The average Bonchev–Trinajstić information content (AvgIpc) is 2.93. The topological polar surface area (TPSA) is 104 Å². The summed E-state index contributed by atoms with van der Waals surface area (Å²) < 4.78 is 0. The Morgan fingerprint density at radius 3 is 2.57 bits per heavy atom. The molecule has 3 N–H and O–H groups in total. The van der Waals surface area contributed by atoms with Crippen molar-refractivity contribution >= 4 is 28.5 Å². The third kappa shape index (κ3) is 3.99. The fourth-order valence-corrected chi connectivity index (χ4v) is 2.32. The fourth-order valence-electron chi connectivity index (χ4n) is 1.64. The zero-order chi connectivity index (χ0) is 15.2. The minimum absolute atomic E-state index is 0.335. The molecule has 1 unspecified atom stereocenters. The molecule has 0 aliphatic rings. The maximum Gasteiger partial charge on any atom is 0.330 e. The van der Waals surface area contributed by atoms with E-state index in [4.69, 9.17) is 0 Å². The van der Waals surface area contributed by atoms with Crippen LogP contribution in [-0.4, -0.2) is 27.3 Å². The van der Waals surface area contributed by atoms with Crippen LogP contribution in [0.2, 0.25) is 0 Å². The summed E-state index contributed by atoms with van der Waals surface area (Å²) in [6.45, 7) is 1.93. The summed E-state index contributed by atoms with van der Waals surface area (Å²) in [6, 6.07) is 6.72. The number of nitrogens with zero attached hydrogens (tertiary/aromatic N) is 2. The molecule has 7 nitrogen and oxygen atoms in total. The van der Waals surface area contributed by atoms with Crippen LogP contribution in [0.3, 0.4) is 0 Å². The van der Waals surface area contributed by atoms with E-state index >= 15 is 0 Å². The van der Waals surface area contributed by atoms with Crippen LogP contribution in [0.1, 0.15) is 23.5 Å². The van der Waals surface area contributed by atoms with Crippen molar-refractivity contribution in [3.8, 4) is 0 Å². The summed E-state index contributed by atoms with van der Waals surface area (Å²) in [5, 5.41) is 22.9. The monoisotopic (exact) mass is 306 g/mol. The molecule has 2 amide bonds. The summed E-state index contributed by atoms with van der Waals surface area (Å²) in [5.41, 5.74) is 0.492. The molecule has 0 radical (unpaired) electrons. The normalized spacial score (nSPS) is 11.7. The number of urea groups is 1. The largest absolute Gasteiger partial charge is 0.479 e. The smallest absolute Gasteiger partial charge is 0.330 e. The summed E-state index contributed by atoms with van der Waals surface area (Å²) in [4.78, 5) is 23.1. The molecule has 0 aliphatic carbocycles. The van der Waals surface area contributed by atoms with Crippen LogP contribution in [0.25, 0.3) is 0 Å². The third-order valence-electron chi connectivity index (χ3n) is 2.65. The van der Waals surface area contributed by atoms with E-state index in [0.29, 0.717) is 10.7 Å². The number of hydrogen-bond acceptors (Lipinski definition) is 5. The number of amides is 2. The molecule has 1 aromatic carbocycles. The highest BCUT2D eigenvalue weighted by Gasteiger charge is 2.22. The first kappa shape index (κ1) is 14.9. The standard InChI is InChI=1S/C13H14N4O3S/c1-2-9-16-17-13(21-9)15-12(20)14-10(11(18)19)8-6-4-3-5-7-8/h3-7,10H,2H2,1H3,(H,18,19)(H2,14,15,17,20). The molecule has 0 bridgehead atoms. The minimum atomic E-state index is -1.14. The van der Waals surface area contributed by atoms with Gasteiger partial charge in [-0.25, -0.2) is 9.59 Å². The highest BCUT2D eigenvalue weighted by atomic mass is 32.1. The van der Waals surface area contributed by atoms with Gasteiger partial charge in [0.15, 0.2) is 6.04 Å². The molecule has 21 heavy (non-hydrogen) atoms. The van der Waals surface area contributed by atoms with Crippen LogP contribution in [-0.2, 0) is 11.2 Å². The Morgan fingerprint density at radius 2 is 2.00 bits per heavy atom. The SMILES string of the molecule is CCc1nnc(NC(=O)NC(C(=O)O)c2ccccc2)s1. The van der Waals surface area contributed by atoms with Crippen molar-refractivity contribution in [1.82, 2.24) is 15.5 Å². The number of aliphatic carboxylic acids is 1. The van der Waals surface area contributed by atoms with Gasteiger partial charge in [0.2, 0.25) is 5.13 Å². The summed E-state index contributed by atoms with van der Waals surface area (Å²) in [6.07, 6.45) is 0.725. The number of nitrogens with one attached hydrogen (secondary N) is 2. The van der Waals surface area contributed by atoms with E-state index in [1.165, 1.54) is 11.3 Å². The Kier molecular flexibility index (Phi) is 4.83. The number of aryl methyl sites for hydroxylation is 1. The third-order valence-corrected chi connectivity index (χ3v) is 3.63. The molecule has 0 aliphatic heterocycles. The number of carbonyl (C=O) groups is 2. The number of benzene rings is 1. The summed E-state index contributed by atoms with van der Waals surface area (Å²) in [5.74, 6) is -1.14. The number of carboxylic acids is 1. The van der Waals surface area contributed by atoms with Gasteiger partial charge in [0.25, 0.3) is 0 Å². The van der Waals surface area contributed by atoms with E-state index in [9.17, 15) is 14.7 Å². The first-order chi connectivity index (χ1) is 10.1. The number of carbonyl (C=O) groups excluding carboxylic acids is 1. The lowest BCUT2D eigenvalue weighted by Crippen LogP contribution is -2.36.